The molecule has 2 fully saturated rings. The van der Waals surface area contributed by atoms with Crippen molar-refractivity contribution in [1.82, 2.24) is 24.9 Å². The zero-order valence-corrected chi connectivity index (χ0v) is 16.4. The molecule has 0 aliphatic carbocycles. The van der Waals surface area contributed by atoms with E-state index in [9.17, 15) is 4.79 Å². The first-order valence-corrected chi connectivity index (χ1v) is 9.67. The third-order valence-electron chi connectivity index (χ3n) is 5.68. The van der Waals surface area contributed by atoms with Crippen molar-refractivity contribution in [2.45, 2.75) is 26.7 Å². The molecule has 8 nitrogen and oxygen atoms in total. The molecule has 2 aromatic heterocycles. The van der Waals surface area contributed by atoms with Crippen molar-refractivity contribution in [2.75, 3.05) is 49.1 Å². The maximum Gasteiger partial charge on any atom is 0.257 e. The van der Waals surface area contributed by atoms with Gasteiger partial charge in [0.1, 0.15) is 0 Å². The van der Waals surface area contributed by atoms with Gasteiger partial charge in [-0.15, -0.1) is 10.2 Å². The molecule has 0 radical (unpaired) electrons. The SMILES string of the molecule is Cc1nn(C)c(C)c1C(=O)N1CCN(c2ccc(N3CCCC3)nn2)CC1. The molecule has 2 aromatic rings. The molecule has 144 valence electrons. The number of aromatic nitrogens is 4. The lowest BCUT2D eigenvalue weighted by atomic mass is 10.1. The molecule has 0 aromatic carbocycles. The fourth-order valence-electron chi connectivity index (χ4n) is 3.98. The molecule has 2 aliphatic heterocycles. The number of nitrogens with zero attached hydrogens (tertiary/aromatic N) is 7. The summed E-state index contributed by atoms with van der Waals surface area (Å²) in [5.74, 6) is 1.93. The molecule has 1 amide bonds. The summed E-state index contributed by atoms with van der Waals surface area (Å²) in [6.45, 7) is 8.88. The van der Waals surface area contributed by atoms with Crippen LogP contribution in [0.25, 0.3) is 0 Å². The monoisotopic (exact) mass is 369 g/mol. The van der Waals surface area contributed by atoms with Crippen molar-refractivity contribution in [1.29, 1.82) is 0 Å². The summed E-state index contributed by atoms with van der Waals surface area (Å²) < 4.78 is 1.77. The molecule has 0 saturated carbocycles. The van der Waals surface area contributed by atoms with Crippen LogP contribution in [0.5, 0.6) is 0 Å². The Bertz CT molecular complexity index is 815. The minimum atomic E-state index is 0.0771. The number of hydrogen-bond donors (Lipinski definition) is 0. The van der Waals surface area contributed by atoms with Crippen LogP contribution >= 0.6 is 0 Å². The molecule has 0 N–H and O–H groups in total. The van der Waals surface area contributed by atoms with E-state index in [-0.39, 0.29) is 5.91 Å². The normalized spacial score (nSPS) is 17.7. The van der Waals surface area contributed by atoms with E-state index in [1.165, 1.54) is 12.8 Å². The van der Waals surface area contributed by atoms with Crippen molar-refractivity contribution < 1.29 is 4.79 Å². The molecule has 27 heavy (non-hydrogen) atoms. The zero-order valence-electron chi connectivity index (χ0n) is 16.4. The Labute approximate surface area is 159 Å². The molecule has 8 heteroatoms. The van der Waals surface area contributed by atoms with Crippen LogP contribution in [0.1, 0.15) is 34.6 Å². The van der Waals surface area contributed by atoms with Crippen LogP contribution in [0.2, 0.25) is 0 Å². The van der Waals surface area contributed by atoms with Gasteiger partial charge in [0, 0.05) is 52.0 Å². The quantitative estimate of drug-likeness (QED) is 0.814. The van der Waals surface area contributed by atoms with Crippen molar-refractivity contribution in [3.05, 3.63) is 29.1 Å². The van der Waals surface area contributed by atoms with Crippen molar-refractivity contribution in [2.24, 2.45) is 7.05 Å². The number of carbonyl (C=O) groups excluding carboxylic acids is 1. The lowest BCUT2D eigenvalue weighted by molar-refractivity contribution is 0.0745. The molecule has 2 aliphatic rings. The van der Waals surface area contributed by atoms with Crippen molar-refractivity contribution in [3.63, 3.8) is 0 Å². The van der Waals surface area contributed by atoms with Gasteiger partial charge in [-0.1, -0.05) is 0 Å². The molecular formula is C19H27N7O. The second kappa shape index (κ2) is 7.17. The molecule has 2 saturated heterocycles. The zero-order chi connectivity index (χ0) is 19.0. The Morgan fingerprint density at radius 3 is 1.93 bits per heavy atom. The predicted molar refractivity (Wildman–Crippen MR) is 104 cm³/mol. The molecule has 0 spiro atoms. The van der Waals surface area contributed by atoms with Gasteiger partial charge in [0.15, 0.2) is 11.6 Å². The number of carbonyl (C=O) groups is 1. The number of hydrogen-bond acceptors (Lipinski definition) is 6. The smallest absolute Gasteiger partial charge is 0.257 e. The lowest BCUT2D eigenvalue weighted by Crippen LogP contribution is -2.49. The summed E-state index contributed by atoms with van der Waals surface area (Å²) in [5.41, 5.74) is 2.45. The van der Waals surface area contributed by atoms with E-state index in [0.29, 0.717) is 13.1 Å². The van der Waals surface area contributed by atoms with E-state index < -0.39 is 0 Å². The Balaban J connectivity index is 1.39. The van der Waals surface area contributed by atoms with Gasteiger partial charge in [-0.25, -0.2) is 0 Å². The fourth-order valence-corrected chi connectivity index (χ4v) is 3.98. The summed E-state index contributed by atoms with van der Waals surface area (Å²) in [5, 5.41) is 13.2. The highest BCUT2D eigenvalue weighted by molar-refractivity contribution is 5.96. The number of aryl methyl sites for hydroxylation is 2. The van der Waals surface area contributed by atoms with E-state index in [1.807, 2.05) is 31.9 Å². The van der Waals surface area contributed by atoms with Crippen LogP contribution < -0.4 is 9.80 Å². The number of piperazine rings is 1. The van der Waals surface area contributed by atoms with Crippen LogP contribution in [0.15, 0.2) is 12.1 Å². The third kappa shape index (κ3) is 3.36. The molecule has 4 rings (SSSR count). The van der Waals surface area contributed by atoms with Gasteiger partial charge in [-0.2, -0.15) is 5.10 Å². The Hall–Kier alpha value is -2.64. The largest absolute Gasteiger partial charge is 0.355 e. The molecule has 0 atom stereocenters. The minimum Gasteiger partial charge on any atom is -0.355 e. The fraction of sp³-hybridized carbons (Fsp3) is 0.579. The van der Waals surface area contributed by atoms with Gasteiger partial charge in [-0.3, -0.25) is 9.48 Å². The average molecular weight is 369 g/mol. The number of anilines is 2. The number of rotatable bonds is 3. The summed E-state index contributed by atoms with van der Waals surface area (Å²) in [6, 6.07) is 4.11. The molecule has 0 bridgehead atoms. The summed E-state index contributed by atoms with van der Waals surface area (Å²) in [4.78, 5) is 19.3. The summed E-state index contributed by atoms with van der Waals surface area (Å²) in [6.07, 6.45) is 2.46. The van der Waals surface area contributed by atoms with E-state index in [0.717, 1.165) is 54.8 Å². The highest BCUT2D eigenvalue weighted by Gasteiger charge is 2.27. The highest BCUT2D eigenvalue weighted by atomic mass is 16.2. The van der Waals surface area contributed by atoms with E-state index in [1.54, 1.807) is 4.68 Å². The summed E-state index contributed by atoms with van der Waals surface area (Å²) in [7, 11) is 1.88. The maximum atomic E-state index is 12.9. The predicted octanol–water partition coefficient (Wildman–Crippen LogP) is 1.39. The van der Waals surface area contributed by atoms with E-state index in [2.05, 4.69) is 31.2 Å². The molecular weight excluding hydrogens is 342 g/mol. The Kier molecular flexibility index (Phi) is 4.72. The van der Waals surface area contributed by atoms with Gasteiger partial charge < -0.3 is 14.7 Å². The second-order valence-corrected chi connectivity index (χ2v) is 7.39. The van der Waals surface area contributed by atoms with Gasteiger partial charge >= 0.3 is 0 Å². The van der Waals surface area contributed by atoms with Gasteiger partial charge in [0.2, 0.25) is 0 Å². The van der Waals surface area contributed by atoms with Gasteiger partial charge in [0.05, 0.1) is 11.3 Å². The topological polar surface area (TPSA) is 70.4 Å². The minimum absolute atomic E-state index is 0.0771. The average Bonchev–Trinajstić information content (AvgIpc) is 3.30. The van der Waals surface area contributed by atoms with E-state index >= 15 is 0 Å². The number of amides is 1. The lowest BCUT2D eigenvalue weighted by Gasteiger charge is -2.35. The van der Waals surface area contributed by atoms with Crippen LogP contribution in [-0.2, 0) is 7.05 Å². The summed E-state index contributed by atoms with van der Waals surface area (Å²) >= 11 is 0. The second-order valence-electron chi connectivity index (χ2n) is 7.39. The highest BCUT2D eigenvalue weighted by Crippen LogP contribution is 2.21. The van der Waals surface area contributed by atoms with Crippen LogP contribution in [0, 0.1) is 13.8 Å². The first kappa shape index (κ1) is 17.8. The standard InChI is InChI=1S/C19H27N7O/c1-14-18(15(2)23(3)22-14)19(27)26-12-10-25(11-13-26)17-7-6-16(20-21-17)24-8-4-5-9-24/h6-7H,4-5,8-13H2,1-3H3. The van der Waals surface area contributed by atoms with Crippen LogP contribution in [-0.4, -0.2) is 70.1 Å². The Morgan fingerprint density at radius 1 is 0.889 bits per heavy atom. The molecule has 0 unspecified atom stereocenters. The van der Waals surface area contributed by atoms with Crippen molar-refractivity contribution >= 4 is 17.5 Å². The van der Waals surface area contributed by atoms with Gasteiger partial charge in [-0.05, 0) is 38.8 Å². The van der Waals surface area contributed by atoms with Crippen LogP contribution in [0.4, 0.5) is 11.6 Å². The molecule has 4 heterocycles. The van der Waals surface area contributed by atoms with Crippen LogP contribution in [0.3, 0.4) is 0 Å². The van der Waals surface area contributed by atoms with Crippen molar-refractivity contribution in [3.8, 4) is 0 Å². The third-order valence-corrected chi connectivity index (χ3v) is 5.68. The first-order valence-electron chi connectivity index (χ1n) is 9.67. The maximum absolute atomic E-state index is 12.9. The Morgan fingerprint density at radius 2 is 1.44 bits per heavy atom. The van der Waals surface area contributed by atoms with Gasteiger partial charge in [0.25, 0.3) is 5.91 Å². The van der Waals surface area contributed by atoms with E-state index in [4.69, 9.17) is 0 Å². The first-order chi connectivity index (χ1) is 13.0.